The second-order valence-corrected chi connectivity index (χ2v) is 7.66. The molecule has 0 aromatic heterocycles. The van der Waals surface area contributed by atoms with Gasteiger partial charge < -0.3 is 5.73 Å². The minimum absolute atomic E-state index is 0.466. The molecule has 6 heteroatoms. The zero-order chi connectivity index (χ0) is 9.94. The molecule has 0 bridgehead atoms. The Bertz CT molecular complexity index is 134. The Balaban J connectivity index is 4.61. The maximum atomic E-state index is 6.47. The molecule has 0 aromatic rings. The lowest BCUT2D eigenvalue weighted by Gasteiger charge is -2.34. The summed E-state index contributed by atoms with van der Waals surface area (Å²) < 4.78 is 6.00. The largest absolute Gasteiger partial charge is 0.331 e. The van der Waals surface area contributed by atoms with E-state index in [-0.39, 0.29) is 0 Å². The van der Waals surface area contributed by atoms with Crippen molar-refractivity contribution < 1.29 is 0 Å². The van der Waals surface area contributed by atoms with Gasteiger partial charge in [-0.1, -0.05) is 0 Å². The molecule has 0 fully saturated rings. The maximum absolute atomic E-state index is 6.47. The van der Waals surface area contributed by atoms with Crippen LogP contribution < -0.4 is 5.73 Å². The van der Waals surface area contributed by atoms with Crippen LogP contribution >= 0.6 is 18.3 Å². The highest BCUT2D eigenvalue weighted by molar-refractivity contribution is 7.93. The zero-order valence-electron chi connectivity index (χ0n) is 8.45. The van der Waals surface area contributed by atoms with E-state index in [1.807, 2.05) is 49.2 Å². The number of hydrogen-bond donors (Lipinski definition) is 1. The summed E-state index contributed by atoms with van der Waals surface area (Å²) in [5.74, 6) is 0. The second-order valence-electron chi connectivity index (χ2n) is 3.03. The average Bonchev–Trinajstić information content (AvgIpc) is 2.00. The molecule has 0 aliphatic carbocycles. The first-order valence-corrected chi connectivity index (χ1v) is 6.28. The Labute approximate surface area is 80.5 Å². The third kappa shape index (κ3) is 2.28. The smallest absolute Gasteiger partial charge is 0.315 e. The van der Waals surface area contributed by atoms with Gasteiger partial charge in [-0.15, -0.1) is 14.0 Å². The summed E-state index contributed by atoms with van der Waals surface area (Å²) in [7, 11) is 7.94. The van der Waals surface area contributed by atoms with Crippen molar-refractivity contribution in [2.24, 2.45) is 5.73 Å². The molecule has 0 amide bonds. The van der Waals surface area contributed by atoms with E-state index in [0.717, 1.165) is 0 Å². The molecule has 0 rings (SSSR count). The maximum Gasteiger partial charge on any atom is 0.331 e. The first-order chi connectivity index (χ1) is 5.37. The van der Waals surface area contributed by atoms with Crippen molar-refractivity contribution in [1.29, 1.82) is 0 Å². The molecule has 74 valence electrons. The molecule has 12 heavy (non-hydrogen) atoms. The highest BCUT2D eigenvalue weighted by atomic mass is 35.7. The van der Waals surface area contributed by atoms with Crippen LogP contribution in [0, 0.1) is 0 Å². The van der Waals surface area contributed by atoms with Crippen molar-refractivity contribution in [2.75, 3.05) is 41.9 Å². The van der Waals surface area contributed by atoms with Crippen LogP contribution in [0.1, 0.15) is 0 Å². The molecule has 0 spiro atoms. The summed E-state index contributed by atoms with van der Waals surface area (Å²) in [6.07, 6.45) is 0. The van der Waals surface area contributed by atoms with Gasteiger partial charge in [-0.25, -0.2) is 0 Å². The minimum atomic E-state index is -1.86. The standard InChI is InChI=1S/C6H19ClN4P/c1-9(2)12(7,10(3)4)11(5)6-8/h6,8H2,1-5H3/q+1. The predicted octanol–water partition coefficient (Wildman–Crippen LogP) is 0.874. The lowest BCUT2D eigenvalue weighted by Crippen LogP contribution is -2.37. The van der Waals surface area contributed by atoms with Crippen molar-refractivity contribution in [3.8, 4) is 0 Å². The van der Waals surface area contributed by atoms with Gasteiger partial charge >= 0.3 is 7.07 Å². The zero-order valence-corrected chi connectivity index (χ0v) is 10.1. The van der Waals surface area contributed by atoms with E-state index in [1.54, 1.807) is 0 Å². The van der Waals surface area contributed by atoms with E-state index in [2.05, 4.69) is 0 Å². The second kappa shape index (κ2) is 4.70. The first-order valence-electron chi connectivity index (χ1n) is 3.73. The molecule has 0 heterocycles. The SMILES string of the molecule is CN(C)[P+](Cl)(N(C)C)N(C)CN. The van der Waals surface area contributed by atoms with Gasteiger partial charge in [-0.05, 0) is 0 Å². The molecular formula is C6H19ClN4P+. The quantitative estimate of drug-likeness (QED) is 0.556. The summed E-state index contributed by atoms with van der Waals surface area (Å²) >= 11 is 6.47. The van der Waals surface area contributed by atoms with Crippen LogP contribution in [0.4, 0.5) is 0 Å². The van der Waals surface area contributed by atoms with Crippen molar-refractivity contribution in [3.63, 3.8) is 0 Å². The molecule has 2 N–H and O–H groups in total. The molecule has 0 saturated carbocycles. The van der Waals surface area contributed by atoms with Crippen molar-refractivity contribution in [3.05, 3.63) is 0 Å². The molecule has 0 aliphatic rings. The van der Waals surface area contributed by atoms with Crippen LogP contribution in [-0.2, 0) is 0 Å². The molecule has 0 aliphatic heterocycles. The topological polar surface area (TPSA) is 35.7 Å². The highest BCUT2D eigenvalue weighted by Gasteiger charge is 2.48. The van der Waals surface area contributed by atoms with Crippen LogP contribution in [0.2, 0.25) is 0 Å². The lowest BCUT2D eigenvalue weighted by atomic mass is 11.1. The van der Waals surface area contributed by atoms with Crippen LogP contribution in [-0.4, -0.2) is 55.9 Å². The Hall–Kier alpha value is 0.560. The van der Waals surface area contributed by atoms with Gasteiger partial charge in [0.2, 0.25) is 0 Å². The molecule has 0 aromatic carbocycles. The third-order valence-electron chi connectivity index (χ3n) is 1.72. The van der Waals surface area contributed by atoms with Crippen molar-refractivity contribution >= 4 is 18.3 Å². The van der Waals surface area contributed by atoms with Crippen LogP contribution in [0.25, 0.3) is 0 Å². The van der Waals surface area contributed by atoms with Gasteiger partial charge in [-0.3, -0.25) is 0 Å². The summed E-state index contributed by atoms with van der Waals surface area (Å²) in [5.41, 5.74) is 5.55. The molecule has 0 atom stereocenters. The Kier molecular flexibility index (Phi) is 4.92. The minimum Gasteiger partial charge on any atom is -0.315 e. The summed E-state index contributed by atoms with van der Waals surface area (Å²) in [6, 6.07) is 0. The Morgan fingerprint density at radius 1 is 1.08 bits per heavy atom. The monoisotopic (exact) mass is 213 g/mol. The van der Waals surface area contributed by atoms with E-state index in [4.69, 9.17) is 17.0 Å². The van der Waals surface area contributed by atoms with Gasteiger partial charge in [0.25, 0.3) is 0 Å². The lowest BCUT2D eigenvalue weighted by molar-refractivity contribution is 0.443. The van der Waals surface area contributed by atoms with E-state index in [9.17, 15) is 0 Å². The number of nitrogens with zero attached hydrogens (tertiary/aromatic N) is 3. The van der Waals surface area contributed by atoms with Gasteiger partial charge in [0, 0.05) is 35.2 Å². The summed E-state index contributed by atoms with van der Waals surface area (Å²) in [5, 5.41) is 0. The van der Waals surface area contributed by atoms with Crippen LogP contribution in [0.5, 0.6) is 0 Å². The summed E-state index contributed by atoms with van der Waals surface area (Å²) in [6.45, 7) is 0.466. The van der Waals surface area contributed by atoms with Gasteiger partial charge in [0.1, 0.15) is 0 Å². The fourth-order valence-corrected chi connectivity index (χ4v) is 3.40. The first kappa shape index (κ1) is 12.6. The van der Waals surface area contributed by atoms with Crippen molar-refractivity contribution in [2.45, 2.75) is 0 Å². The van der Waals surface area contributed by atoms with E-state index < -0.39 is 7.07 Å². The van der Waals surface area contributed by atoms with Gasteiger partial charge in [0.15, 0.2) is 11.2 Å². The number of nitrogens with two attached hydrogens (primary N) is 1. The normalized spacial score (nSPS) is 13.5. The van der Waals surface area contributed by atoms with E-state index in [1.165, 1.54) is 0 Å². The number of hydrogen-bond acceptors (Lipinski definition) is 4. The Morgan fingerprint density at radius 2 is 1.42 bits per heavy atom. The number of rotatable bonds is 4. The highest BCUT2D eigenvalue weighted by Crippen LogP contribution is 2.68. The average molecular weight is 214 g/mol. The summed E-state index contributed by atoms with van der Waals surface area (Å²) in [4.78, 5) is 0. The van der Waals surface area contributed by atoms with Crippen molar-refractivity contribution in [1.82, 2.24) is 14.0 Å². The third-order valence-corrected chi connectivity index (χ3v) is 7.37. The van der Waals surface area contributed by atoms with E-state index >= 15 is 0 Å². The number of halogens is 1. The molecule has 0 unspecified atom stereocenters. The van der Waals surface area contributed by atoms with E-state index in [0.29, 0.717) is 6.67 Å². The Morgan fingerprint density at radius 3 is 1.50 bits per heavy atom. The fraction of sp³-hybridized carbons (Fsp3) is 1.00. The molecular weight excluding hydrogens is 195 g/mol. The van der Waals surface area contributed by atoms with Crippen LogP contribution in [0.15, 0.2) is 0 Å². The predicted molar refractivity (Wildman–Crippen MR) is 57.0 cm³/mol. The molecule has 4 nitrogen and oxygen atoms in total. The molecule has 0 saturated heterocycles. The van der Waals surface area contributed by atoms with Gasteiger partial charge in [0.05, 0.1) is 6.67 Å². The fourth-order valence-electron chi connectivity index (χ4n) is 1.07. The van der Waals surface area contributed by atoms with Crippen LogP contribution in [0.3, 0.4) is 0 Å². The molecule has 0 radical (unpaired) electrons. The van der Waals surface area contributed by atoms with Gasteiger partial charge in [-0.2, -0.15) is 0 Å².